The first-order valence-corrected chi connectivity index (χ1v) is 20.3. The van der Waals surface area contributed by atoms with Crippen LogP contribution in [0.15, 0.2) is 0 Å². The van der Waals surface area contributed by atoms with Crippen LogP contribution in [0.5, 0.6) is 0 Å². The predicted molar refractivity (Wildman–Crippen MR) is 138 cm³/mol. The van der Waals surface area contributed by atoms with E-state index in [-0.39, 0.29) is 0 Å². The van der Waals surface area contributed by atoms with E-state index in [9.17, 15) is 0 Å². The van der Waals surface area contributed by atoms with Gasteiger partial charge in [0.1, 0.15) is 8.24 Å². The molecule has 0 heterocycles. The average Bonchev–Trinajstić information content (AvgIpc) is 2.49. The van der Waals surface area contributed by atoms with Gasteiger partial charge in [0.25, 0.3) is 0 Å². The van der Waals surface area contributed by atoms with Gasteiger partial charge in [0.05, 0.1) is 0 Å². The molecule has 0 amide bonds. The lowest BCUT2D eigenvalue weighted by atomic mass is 10.3. The summed E-state index contributed by atoms with van der Waals surface area (Å²) in [6.07, 6.45) is 0. The normalized spacial score (nSPS) is 14.8. The Bertz CT molecular complexity index is 402. The van der Waals surface area contributed by atoms with Crippen LogP contribution in [0, 0.1) is 0 Å². The highest BCUT2D eigenvalue weighted by atomic mass is 28.5. The number of rotatable bonds is 12. The maximum Gasteiger partial charge on any atom is 0.188 e. The molecule has 0 aliphatic heterocycles. The van der Waals surface area contributed by atoms with Crippen LogP contribution in [-0.2, 0) is 0 Å². The highest BCUT2D eigenvalue weighted by Gasteiger charge is 2.57. The Balaban J connectivity index is 6.92. The number of hydrogen-bond donors (Lipinski definition) is 0. The second-order valence-corrected chi connectivity index (χ2v) is 25.1. The van der Waals surface area contributed by atoms with Crippen LogP contribution in [0.2, 0.25) is 44.3 Å². The fourth-order valence-electron chi connectivity index (χ4n) is 7.01. The van der Waals surface area contributed by atoms with Gasteiger partial charge in [-0.15, -0.1) is 0 Å². The predicted octanol–water partition coefficient (Wildman–Crippen LogP) is 6.93. The molecule has 0 unspecified atom stereocenters. The third-order valence-corrected chi connectivity index (χ3v) is 28.1. The van der Waals surface area contributed by atoms with Crippen molar-refractivity contribution in [3.05, 3.63) is 0 Å². The molecule has 0 atom stereocenters. The minimum absolute atomic E-state index is 0.595. The summed E-state index contributed by atoms with van der Waals surface area (Å²) in [5.41, 5.74) is 0. The molecular formula is C22H55N3Si3. The highest BCUT2D eigenvalue weighted by Crippen LogP contribution is 2.39. The Kier molecular flexibility index (Phi) is 10.9. The fraction of sp³-hybridized carbons (Fsp3) is 1.00. The monoisotopic (exact) mass is 445 g/mol. The molecule has 0 N–H and O–H groups in total. The van der Waals surface area contributed by atoms with Crippen LogP contribution >= 0.6 is 0 Å². The van der Waals surface area contributed by atoms with Gasteiger partial charge in [0.2, 0.25) is 0 Å². The maximum absolute atomic E-state index is 3.31. The van der Waals surface area contributed by atoms with E-state index in [1.165, 1.54) is 18.1 Å². The van der Waals surface area contributed by atoms with Crippen molar-refractivity contribution >= 4 is 25.0 Å². The van der Waals surface area contributed by atoms with Gasteiger partial charge >= 0.3 is 0 Å². The quantitative estimate of drug-likeness (QED) is 0.301. The van der Waals surface area contributed by atoms with E-state index in [1.54, 1.807) is 0 Å². The summed E-state index contributed by atoms with van der Waals surface area (Å²) in [6, 6.07) is 6.51. The van der Waals surface area contributed by atoms with Gasteiger partial charge in [-0.05, 0) is 68.5 Å². The summed E-state index contributed by atoms with van der Waals surface area (Å²) in [6.45, 7) is 37.5. The minimum Gasteiger partial charge on any atom is -0.344 e. The van der Waals surface area contributed by atoms with Crippen LogP contribution in [0.4, 0.5) is 0 Å². The van der Waals surface area contributed by atoms with Crippen molar-refractivity contribution in [2.75, 3.05) is 0 Å². The van der Waals surface area contributed by atoms with Gasteiger partial charge in [-0.2, -0.15) is 0 Å². The highest BCUT2D eigenvalue weighted by molar-refractivity contribution is 7.03. The standard InChI is InChI=1S/C22H55N3Si3/c1-16-28(17-2,18-3)25(26(12,13)23(19(4)5)20(6)7)27(14,15)24(21(8)9)22(10)11/h19-22H,16-18H2,1-15H3. The van der Waals surface area contributed by atoms with Crippen LogP contribution in [0.3, 0.4) is 0 Å². The molecule has 3 nitrogen and oxygen atoms in total. The first-order chi connectivity index (χ1) is 12.6. The zero-order valence-electron chi connectivity index (χ0n) is 22.3. The first-order valence-electron chi connectivity index (χ1n) is 12.0. The van der Waals surface area contributed by atoms with E-state index in [2.05, 4.69) is 115 Å². The third kappa shape index (κ3) is 5.61. The van der Waals surface area contributed by atoms with E-state index in [4.69, 9.17) is 0 Å². The van der Waals surface area contributed by atoms with Crippen molar-refractivity contribution in [3.63, 3.8) is 0 Å². The molecule has 0 saturated heterocycles. The molecule has 28 heavy (non-hydrogen) atoms. The summed E-state index contributed by atoms with van der Waals surface area (Å²) in [5, 5.41) is 0. The average molecular weight is 446 g/mol. The Labute approximate surface area is 182 Å². The Morgan fingerprint density at radius 2 is 0.714 bits per heavy atom. The van der Waals surface area contributed by atoms with Crippen molar-refractivity contribution < 1.29 is 0 Å². The summed E-state index contributed by atoms with van der Waals surface area (Å²) < 4.78 is 9.15. The van der Waals surface area contributed by atoms with E-state index >= 15 is 0 Å². The van der Waals surface area contributed by atoms with E-state index in [0.29, 0.717) is 24.2 Å². The topological polar surface area (TPSA) is 9.72 Å². The molecule has 0 radical (unpaired) electrons. The molecule has 0 aromatic carbocycles. The van der Waals surface area contributed by atoms with Crippen LogP contribution < -0.4 is 0 Å². The summed E-state index contributed by atoms with van der Waals surface area (Å²) in [4.78, 5) is 0. The van der Waals surface area contributed by atoms with Gasteiger partial charge in [-0.3, -0.25) is 0 Å². The largest absolute Gasteiger partial charge is 0.344 e. The van der Waals surface area contributed by atoms with E-state index < -0.39 is 25.0 Å². The zero-order valence-corrected chi connectivity index (χ0v) is 25.3. The lowest BCUT2D eigenvalue weighted by molar-refractivity contribution is 0.261. The van der Waals surface area contributed by atoms with Crippen molar-refractivity contribution in [3.8, 4) is 0 Å². The number of nitrogens with zero attached hydrogens (tertiary/aromatic N) is 3. The maximum atomic E-state index is 3.31. The Morgan fingerprint density at radius 1 is 0.500 bits per heavy atom. The molecule has 0 fully saturated rings. The van der Waals surface area contributed by atoms with Crippen molar-refractivity contribution in [1.29, 1.82) is 0 Å². The van der Waals surface area contributed by atoms with E-state index in [1.807, 2.05) is 0 Å². The third-order valence-electron chi connectivity index (χ3n) is 7.03. The van der Waals surface area contributed by atoms with Gasteiger partial charge in [0.15, 0.2) is 16.8 Å². The fourth-order valence-corrected chi connectivity index (χ4v) is 33.8. The summed E-state index contributed by atoms with van der Waals surface area (Å²) in [7, 11) is -5.21. The van der Waals surface area contributed by atoms with Crippen molar-refractivity contribution in [1.82, 2.24) is 13.0 Å². The Morgan fingerprint density at radius 3 is 0.857 bits per heavy atom. The molecule has 6 heteroatoms. The van der Waals surface area contributed by atoms with Gasteiger partial charge in [-0.1, -0.05) is 76.2 Å². The molecular weight excluding hydrogens is 391 g/mol. The van der Waals surface area contributed by atoms with Gasteiger partial charge in [0, 0.05) is 0 Å². The minimum atomic E-state index is -1.83. The molecule has 170 valence electrons. The van der Waals surface area contributed by atoms with Crippen molar-refractivity contribution in [2.45, 2.75) is 145 Å². The molecule has 0 rings (SSSR count). The summed E-state index contributed by atoms with van der Waals surface area (Å²) in [5.74, 6) is 0. The number of hydrogen-bond acceptors (Lipinski definition) is 3. The van der Waals surface area contributed by atoms with Crippen LogP contribution in [0.25, 0.3) is 0 Å². The first kappa shape index (κ1) is 28.5. The zero-order chi connectivity index (χ0) is 22.7. The van der Waals surface area contributed by atoms with Crippen LogP contribution in [-0.4, -0.2) is 62.2 Å². The molecule has 0 saturated carbocycles. The summed E-state index contributed by atoms with van der Waals surface area (Å²) >= 11 is 0. The van der Waals surface area contributed by atoms with Crippen LogP contribution in [0.1, 0.15) is 76.2 Å². The molecule has 0 aliphatic rings. The van der Waals surface area contributed by atoms with E-state index in [0.717, 1.165) is 0 Å². The molecule has 0 aromatic rings. The molecule has 0 bridgehead atoms. The molecule has 0 spiro atoms. The van der Waals surface area contributed by atoms with Gasteiger partial charge in [-0.25, -0.2) is 0 Å². The molecule has 0 aromatic heterocycles. The van der Waals surface area contributed by atoms with Crippen molar-refractivity contribution in [2.24, 2.45) is 0 Å². The smallest absolute Gasteiger partial charge is 0.188 e. The second-order valence-electron chi connectivity index (χ2n) is 10.8. The lowest BCUT2D eigenvalue weighted by Crippen LogP contribution is -2.83. The second kappa shape index (κ2) is 10.7. The lowest BCUT2D eigenvalue weighted by Gasteiger charge is -2.64. The SMILES string of the molecule is CC[Si](CC)(CC)N([Si](C)(C)N(C(C)C)C(C)C)[Si](C)(C)N(C(C)C)C(C)C. The molecule has 0 aliphatic carbocycles. The van der Waals surface area contributed by atoms with Gasteiger partial charge < -0.3 is 13.0 Å². The Hall–Kier alpha value is 0.531.